The molecule has 0 spiro atoms. The number of imidazole rings is 1. The lowest BCUT2D eigenvalue weighted by molar-refractivity contribution is -0.153. The number of amides is 2. The maximum atomic E-state index is 12.4. The molecule has 0 aliphatic carbocycles. The summed E-state index contributed by atoms with van der Waals surface area (Å²) in [6, 6.07) is -0.922. The average Bonchev–Trinajstić information content (AvgIpc) is 3.04. The summed E-state index contributed by atoms with van der Waals surface area (Å²) in [5.41, 5.74) is 1.44. The number of rotatable bonds is 2. The highest BCUT2D eigenvalue weighted by molar-refractivity contribution is 5.91. The predicted molar refractivity (Wildman–Crippen MR) is 65.4 cm³/mol. The fourth-order valence-corrected chi connectivity index (χ4v) is 2.70. The molecule has 0 saturated carbocycles. The van der Waals surface area contributed by atoms with Gasteiger partial charge in [0.1, 0.15) is 6.04 Å². The van der Waals surface area contributed by atoms with Gasteiger partial charge in [-0.1, -0.05) is 0 Å². The largest absolute Gasteiger partial charge is 0.480 e. The zero-order valence-corrected chi connectivity index (χ0v) is 10.6. The first-order chi connectivity index (χ1) is 9.56. The van der Waals surface area contributed by atoms with E-state index in [1.807, 2.05) is 0 Å². The summed E-state index contributed by atoms with van der Waals surface area (Å²) in [4.78, 5) is 43.3. The van der Waals surface area contributed by atoms with Crippen molar-refractivity contribution in [2.24, 2.45) is 5.92 Å². The summed E-state index contributed by atoms with van der Waals surface area (Å²) in [7, 11) is 0. The normalized spacial score (nSPS) is 25.2. The molecule has 106 valence electrons. The van der Waals surface area contributed by atoms with Crippen molar-refractivity contribution in [1.29, 1.82) is 0 Å². The quantitative estimate of drug-likeness (QED) is 0.634. The highest BCUT2D eigenvalue weighted by atomic mass is 16.4. The van der Waals surface area contributed by atoms with Gasteiger partial charge in [0.15, 0.2) is 0 Å². The molecule has 2 aliphatic rings. The van der Waals surface area contributed by atoms with Gasteiger partial charge in [0, 0.05) is 19.4 Å². The number of fused-ring (bicyclic) bond motifs is 1. The highest BCUT2D eigenvalue weighted by Gasteiger charge is 2.40. The van der Waals surface area contributed by atoms with Crippen LogP contribution in [0.3, 0.4) is 0 Å². The molecule has 8 heteroatoms. The molecule has 2 atom stereocenters. The Bertz CT molecular complexity index is 582. The number of nitrogens with zero attached hydrogens (tertiary/aromatic N) is 2. The van der Waals surface area contributed by atoms with Gasteiger partial charge >= 0.3 is 5.97 Å². The Hall–Kier alpha value is -2.38. The third kappa shape index (κ3) is 2.02. The lowest BCUT2D eigenvalue weighted by Gasteiger charge is -2.33. The number of carbonyl (C=O) groups is 3. The molecule has 0 bridgehead atoms. The van der Waals surface area contributed by atoms with E-state index in [0.29, 0.717) is 5.69 Å². The lowest BCUT2D eigenvalue weighted by Crippen LogP contribution is -2.51. The van der Waals surface area contributed by atoms with Gasteiger partial charge in [-0.25, -0.2) is 9.78 Å². The van der Waals surface area contributed by atoms with E-state index < -0.39 is 17.9 Å². The van der Waals surface area contributed by atoms with Crippen molar-refractivity contribution >= 4 is 17.8 Å². The van der Waals surface area contributed by atoms with Gasteiger partial charge in [0.25, 0.3) is 0 Å². The smallest absolute Gasteiger partial charge is 0.326 e. The third-order valence-corrected chi connectivity index (χ3v) is 3.79. The minimum absolute atomic E-state index is 0.123. The molecular weight excluding hydrogens is 264 g/mol. The number of H-pyrrole nitrogens is 1. The van der Waals surface area contributed by atoms with E-state index in [4.69, 9.17) is 0 Å². The van der Waals surface area contributed by atoms with Crippen LogP contribution in [0.1, 0.15) is 17.8 Å². The topological polar surface area (TPSA) is 115 Å². The number of nitrogens with one attached hydrogen (secondary N) is 2. The molecule has 0 radical (unpaired) electrons. The van der Waals surface area contributed by atoms with Crippen molar-refractivity contribution in [3.63, 3.8) is 0 Å². The van der Waals surface area contributed by atoms with Crippen LogP contribution >= 0.6 is 0 Å². The van der Waals surface area contributed by atoms with Gasteiger partial charge in [-0.2, -0.15) is 0 Å². The Morgan fingerprint density at radius 3 is 2.85 bits per heavy atom. The summed E-state index contributed by atoms with van der Waals surface area (Å²) in [5, 5.41) is 11.9. The molecule has 2 aliphatic heterocycles. The molecule has 1 aromatic rings. The third-order valence-electron chi connectivity index (χ3n) is 3.79. The van der Waals surface area contributed by atoms with E-state index >= 15 is 0 Å². The van der Waals surface area contributed by atoms with Crippen LogP contribution in [0.5, 0.6) is 0 Å². The van der Waals surface area contributed by atoms with Crippen molar-refractivity contribution < 1.29 is 19.5 Å². The Balaban J connectivity index is 1.84. The summed E-state index contributed by atoms with van der Waals surface area (Å²) in [6.07, 6.45) is 1.81. The monoisotopic (exact) mass is 278 g/mol. The summed E-state index contributed by atoms with van der Waals surface area (Å²) in [5.74, 6) is -2.00. The Morgan fingerprint density at radius 1 is 1.40 bits per heavy atom. The molecule has 3 rings (SSSR count). The molecule has 1 aromatic heterocycles. The molecule has 2 unspecified atom stereocenters. The number of aliphatic carboxylic acids is 1. The lowest BCUT2D eigenvalue weighted by atomic mass is 9.99. The van der Waals surface area contributed by atoms with E-state index in [0.717, 1.165) is 5.69 Å². The molecule has 1 fully saturated rings. The first-order valence-electron chi connectivity index (χ1n) is 6.37. The van der Waals surface area contributed by atoms with Crippen LogP contribution in [0.2, 0.25) is 0 Å². The van der Waals surface area contributed by atoms with Gasteiger partial charge in [-0.05, 0) is 0 Å². The number of hydrogen-bond acceptors (Lipinski definition) is 4. The standard InChI is InChI=1S/C12H14N4O4/c17-10-1-6(3-13-10)11(18)16-4-8-7(14-5-15-8)2-9(16)12(19)20/h5-6,9H,1-4H2,(H,13,17)(H,14,15)(H,19,20). The number of carbonyl (C=O) groups excluding carboxylic acids is 2. The van der Waals surface area contributed by atoms with Crippen LogP contribution < -0.4 is 5.32 Å². The van der Waals surface area contributed by atoms with Gasteiger partial charge < -0.3 is 20.3 Å². The molecule has 1 saturated heterocycles. The molecule has 2 amide bonds. The minimum Gasteiger partial charge on any atom is -0.480 e. The molecule has 3 N–H and O–H groups in total. The number of hydrogen-bond donors (Lipinski definition) is 3. The summed E-state index contributed by atoms with van der Waals surface area (Å²) < 4.78 is 0. The van der Waals surface area contributed by atoms with E-state index in [1.54, 1.807) is 0 Å². The second kappa shape index (κ2) is 4.62. The van der Waals surface area contributed by atoms with Gasteiger partial charge in [-0.3, -0.25) is 9.59 Å². The average molecular weight is 278 g/mol. The van der Waals surface area contributed by atoms with Crippen LogP contribution in [-0.2, 0) is 27.3 Å². The van der Waals surface area contributed by atoms with E-state index in [-0.39, 0.29) is 37.7 Å². The van der Waals surface area contributed by atoms with E-state index in [9.17, 15) is 19.5 Å². The predicted octanol–water partition coefficient (Wildman–Crippen LogP) is -1.12. The molecule has 8 nitrogen and oxygen atoms in total. The summed E-state index contributed by atoms with van der Waals surface area (Å²) >= 11 is 0. The van der Waals surface area contributed by atoms with E-state index in [2.05, 4.69) is 15.3 Å². The maximum Gasteiger partial charge on any atom is 0.326 e. The van der Waals surface area contributed by atoms with Crippen molar-refractivity contribution in [2.75, 3.05) is 6.54 Å². The fourth-order valence-electron chi connectivity index (χ4n) is 2.70. The number of aromatic nitrogens is 2. The molecular formula is C12H14N4O4. The Labute approximate surface area is 114 Å². The van der Waals surface area contributed by atoms with Crippen LogP contribution in [0.4, 0.5) is 0 Å². The highest BCUT2D eigenvalue weighted by Crippen LogP contribution is 2.24. The van der Waals surface area contributed by atoms with Crippen LogP contribution in [-0.4, -0.2) is 50.3 Å². The van der Waals surface area contributed by atoms with E-state index in [1.165, 1.54) is 11.2 Å². The SMILES string of the molecule is O=C1CC(C(=O)N2Cc3[nH]cnc3CC2C(=O)O)CN1. The summed E-state index contributed by atoms with van der Waals surface area (Å²) in [6.45, 7) is 0.464. The first kappa shape index (κ1) is 12.6. The van der Waals surface area contributed by atoms with Gasteiger partial charge in [0.05, 0.1) is 30.2 Å². The number of aromatic amines is 1. The van der Waals surface area contributed by atoms with Crippen molar-refractivity contribution in [3.8, 4) is 0 Å². The molecule has 20 heavy (non-hydrogen) atoms. The van der Waals surface area contributed by atoms with Crippen LogP contribution in [0.15, 0.2) is 6.33 Å². The van der Waals surface area contributed by atoms with Crippen LogP contribution in [0.25, 0.3) is 0 Å². The van der Waals surface area contributed by atoms with Crippen molar-refractivity contribution in [1.82, 2.24) is 20.2 Å². The zero-order chi connectivity index (χ0) is 14.3. The van der Waals surface area contributed by atoms with Crippen molar-refractivity contribution in [3.05, 3.63) is 17.7 Å². The maximum absolute atomic E-state index is 12.4. The Kier molecular flexibility index (Phi) is 2.92. The first-order valence-corrected chi connectivity index (χ1v) is 6.37. The second-order valence-corrected chi connectivity index (χ2v) is 5.06. The Morgan fingerprint density at radius 2 is 2.20 bits per heavy atom. The van der Waals surface area contributed by atoms with Gasteiger partial charge in [-0.15, -0.1) is 0 Å². The fraction of sp³-hybridized carbons (Fsp3) is 0.500. The molecule has 3 heterocycles. The van der Waals surface area contributed by atoms with Crippen molar-refractivity contribution in [2.45, 2.75) is 25.4 Å². The zero-order valence-electron chi connectivity index (χ0n) is 10.6. The van der Waals surface area contributed by atoms with Crippen LogP contribution in [0, 0.1) is 5.92 Å². The number of carboxylic acids is 1. The second-order valence-electron chi connectivity index (χ2n) is 5.06. The van der Waals surface area contributed by atoms with Gasteiger partial charge in [0.2, 0.25) is 11.8 Å². The minimum atomic E-state index is -1.05. The number of carboxylic acid groups (broad SMARTS) is 1. The molecule has 0 aromatic carbocycles.